The van der Waals surface area contributed by atoms with E-state index in [4.69, 9.17) is 0 Å². The van der Waals surface area contributed by atoms with E-state index in [2.05, 4.69) is 20.6 Å². The predicted octanol–water partition coefficient (Wildman–Crippen LogP) is 3.09. The molecule has 0 spiro atoms. The molecular formula is C18H26N4OS2. The minimum atomic E-state index is -0.982. The summed E-state index contributed by atoms with van der Waals surface area (Å²) < 4.78 is 1.11. The maximum atomic E-state index is 10.6. The summed E-state index contributed by atoms with van der Waals surface area (Å²) in [7, 11) is 0. The van der Waals surface area contributed by atoms with Crippen molar-refractivity contribution in [3.63, 3.8) is 0 Å². The highest BCUT2D eigenvalue weighted by atomic mass is 32.2. The monoisotopic (exact) mass is 378 g/mol. The van der Waals surface area contributed by atoms with Gasteiger partial charge in [0.25, 0.3) is 0 Å². The lowest BCUT2D eigenvalue weighted by Gasteiger charge is -2.22. The number of thioether (sulfide) groups is 1. The van der Waals surface area contributed by atoms with Gasteiger partial charge in [0, 0.05) is 30.4 Å². The second kappa shape index (κ2) is 10.4. The minimum Gasteiger partial charge on any atom is -0.384 e. The van der Waals surface area contributed by atoms with Crippen molar-refractivity contribution < 1.29 is 5.11 Å². The average molecular weight is 379 g/mol. The number of aliphatic hydroxyl groups is 1. The Bertz CT molecular complexity index is 630. The fraction of sp³-hybridized carbons (Fsp3) is 0.444. The largest absolute Gasteiger partial charge is 0.384 e. The lowest BCUT2D eigenvalue weighted by molar-refractivity contribution is 0.0672. The van der Waals surface area contributed by atoms with Crippen molar-refractivity contribution in [3.8, 4) is 0 Å². The van der Waals surface area contributed by atoms with Gasteiger partial charge in [0.05, 0.1) is 6.54 Å². The van der Waals surface area contributed by atoms with Crippen LogP contribution in [0.25, 0.3) is 0 Å². The molecule has 2 rings (SSSR count). The van der Waals surface area contributed by atoms with Gasteiger partial charge in [-0.1, -0.05) is 42.1 Å². The number of thiazole rings is 1. The molecule has 0 saturated carbocycles. The van der Waals surface area contributed by atoms with E-state index < -0.39 is 5.60 Å². The van der Waals surface area contributed by atoms with E-state index in [1.54, 1.807) is 30.0 Å². The Morgan fingerprint density at radius 2 is 2.12 bits per heavy atom. The Balaban J connectivity index is 1.79. The molecule has 0 aliphatic heterocycles. The van der Waals surface area contributed by atoms with Gasteiger partial charge in [-0.2, -0.15) is 0 Å². The predicted molar refractivity (Wildman–Crippen MR) is 107 cm³/mol. The van der Waals surface area contributed by atoms with E-state index in [0.29, 0.717) is 6.54 Å². The van der Waals surface area contributed by atoms with Gasteiger partial charge in [-0.05, 0) is 25.8 Å². The average Bonchev–Trinajstić information content (AvgIpc) is 3.13. The Morgan fingerprint density at radius 1 is 1.32 bits per heavy atom. The molecule has 3 N–H and O–H groups in total. The van der Waals surface area contributed by atoms with E-state index in [9.17, 15) is 5.11 Å². The summed E-state index contributed by atoms with van der Waals surface area (Å²) >= 11 is 3.45. The summed E-state index contributed by atoms with van der Waals surface area (Å²) in [6, 6.07) is 9.64. The maximum Gasteiger partial charge on any atom is 0.191 e. The van der Waals surface area contributed by atoms with E-state index in [0.717, 1.165) is 41.1 Å². The van der Waals surface area contributed by atoms with Crippen LogP contribution < -0.4 is 10.6 Å². The summed E-state index contributed by atoms with van der Waals surface area (Å²) in [6.07, 6.45) is 2.85. The number of benzene rings is 1. The second-order valence-corrected chi connectivity index (χ2v) is 8.00. The van der Waals surface area contributed by atoms with Crippen molar-refractivity contribution in [2.75, 3.05) is 25.4 Å². The molecule has 2 aromatic rings. The van der Waals surface area contributed by atoms with Gasteiger partial charge in [-0.25, -0.2) is 9.98 Å². The van der Waals surface area contributed by atoms with Crippen molar-refractivity contribution >= 4 is 29.1 Å². The Hall–Kier alpha value is -1.57. The summed E-state index contributed by atoms with van der Waals surface area (Å²) in [6.45, 7) is 5.75. The number of aromatic nitrogens is 1. The SMILES string of the molecule is CCNC(=NCC(C)(O)c1ccccc1)NCCCSc1nccs1. The van der Waals surface area contributed by atoms with E-state index in [1.165, 1.54) is 0 Å². The van der Waals surface area contributed by atoms with Crippen LogP contribution >= 0.6 is 23.1 Å². The first kappa shape index (κ1) is 19.8. The maximum absolute atomic E-state index is 10.6. The van der Waals surface area contributed by atoms with Gasteiger partial charge in [0.15, 0.2) is 5.96 Å². The van der Waals surface area contributed by atoms with Crippen molar-refractivity contribution in [1.29, 1.82) is 0 Å². The molecule has 0 aliphatic rings. The zero-order valence-corrected chi connectivity index (χ0v) is 16.4. The van der Waals surface area contributed by atoms with E-state index in [-0.39, 0.29) is 0 Å². The van der Waals surface area contributed by atoms with Gasteiger partial charge < -0.3 is 15.7 Å². The molecule has 0 bridgehead atoms. The summed E-state index contributed by atoms with van der Waals surface area (Å²) in [5.74, 6) is 1.75. The number of rotatable bonds is 9. The third-order valence-electron chi connectivity index (χ3n) is 3.53. The Morgan fingerprint density at radius 3 is 2.80 bits per heavy atom. The first-order valence-corrected chi connectivity index (χ1v) is 10.3. The van der Waals surface area contributed by atoms with Crippen LogP contribution in [0.1, 0.15) is 25.8 Å². The highest BCUT2D eigenvalue weighted by molar-refractivity contribution is 8.00. The molecule has 0 fully saturated rings. The zero-order chi connectivity index (χ0) is 18.0. The fourth-order valence-corrected chi connectivity index (χ4v) is 3.83. The van der Waals surface area contributed by atoms with Crippen LogP contribution in [0.5, 0.6) is 0 Å². The molecule has 1 heterocycles. The van der Waals surface area contributed by atoms with Crippen LogP contribution in [0.4, 0.5) is 0 Å². The number of aliphatic imine (C=N–C) groups is 1. The smallest absolute Gasteiger partial charge is 0.191 e. The fourth-order valence-electron chi connectivity index (χ4n) is 2.18. The van der Waals surface area contributed by atoms with Crippen LogP contribution in [0.3, 0.4) is 0 Å². The third-order valence-corrected chi connectivity index (χ3v) is 5.59. The molecule has 136 valence electrons. The van der Waals surface area contributed by atoms with Crippen LogP contribution in [-0.2, 0) is 5.60 Å². The Kier molecular flexibility index (Phi) is 8.24. The topological polar surface area (TPSA) is 69.5 Å². The molecule has 1 aromatic heterocycles. The molecule has 7 heteroatoms. The molecule has 25 heavy (non-hydrogen) atoms. The second-order valence-electron chi connectivity index (χ2n) is 5.76. The molecule has 5 nitrogen and oxygen atoms in total. The molecule has 1 aromatic carbocycles. The van der Waals surface area contributed by atoms with Crippen molar-refractivity contribution in [2.24, 2.45) is 4.99 Å². The Labute approximate surface area is 158 Å². The highest BCUT2D eigenvalue weighted by Crippen LogP contribution is 2.21. The number of hydrogen-bond acceptors (Lipinski definition) is 5. The summed E-state index contributed by atoms with van der Waals surface area (Å²) in [4.78, 5) is 8.80. The minimum absolute atomic E-state index is 0.306. The van der Waals surface area contributed by atoms with Crippen molar-refractivity contribution in [1.82, 2.24) is 15.6 Å². The molecule has 0 amide bonds. The standard InChI is InChI=1S/C18H26N4OS2/c1-3-19-16(20-10-7-12-24-17-21-11-13-25-17)22-14-18(2,23)15-8-5-4-6-9-15/h4-6,8-9,11,13,23H,3,7,10,12,14H2,1-2H3,(H2,19,20,22). The van der Waals surface area contributed by atoms with Crippen LogP contribution in [-0.4, -0.2) is 41.4 Å². The van der Waals surface area contributed by atoms with Crippen molar-refractivity contribution in [2.45, 2.75) is 30.2 Å². The highest BCUT2D eigenvalue weighted by Gasteiger charge is 2.22. The van der Waals surface area contributed by atoms with Gasteiger partial charge in [-0.15, -0.1) is 11.3 Å². The van der Waals surface area contributed by atoms with Crippen LogP contribution in [0, 0.1) is 0 Å². The van der Waals surface area contributed by atoms with Crippen LogP contribution in [0.15, 0.2) is 51.2 Å². The van der Waals surface area contributed by atoms with Gasteiger partial charge in [-0.3, -0.25) is 0 Å². The van der Waals surface area contributed by atoms with Gasteiger partial charge in [0.2, 0.25) is 0 Å². The first-order valence-electron chi connectivity index (χ1n) is 8.44. The van der Waals surface area contributed by atoms with Crippen molar-refractivity contribution in [3.05, 3.63) is 47.5 Å². The number of nitrogens with zero attached hydrogens (tertiary/aromatic N) is 2. The molecular weight excluding hydrogens is 352 g/mol. The number of guanidine groups is 1. The third kappa shape index (κ3) is 7.05. The molecule has 0 saturated heterocycles. The van der Waals surface area contributed by atoms with E-state index >= 15 is 0 Å². The lowest BCUT2D eigenvalue weighted by Crippen LogP contribution is -2.39. The molecule has 1 unspecified atom stereocenters. The quantitative estimate of drug-likeness (QED) is 0.271. The van der Waals surface area contributed by atoms with Gasteiger partial charge in [0.1, 0.15) is 9.94 Å². The lowest BCUT2D eigenvalue weighted by atomic mass is 9.96. The molecule has 0 aliphatic carbocycles. The molecule has 1 atom stereocenters. The van der Waals surface area contributed by atoms with E-state index in [1.807, 2.05) is 48.8 Å². The summed E-state index contributed by atoms with van der Waals surface area (Å²) in [5, 5.41) is 19.2. The normalized spacial score (nSPS) is 14.1. The first-order chi connectivity index (χ1) is 12.1. The number of hydrogen-bond donors (Lipinski definition) is 3. The van der Waals surface area contributed by atoms with Gasteiger partial charge >= 0.3 is 0 Å². The molecule has 0 radical (unpaired) electrons. The summed E-state index contributed by atoms with van der Waals surface area (Å²) in [5.41, 5.74) is -0.112. The number of nitrogens with one attached hydrogen (secondary N) is 2. The zero-order valence-electron chi connectivity index (χ0n) is 14.7. The van der Waals surface area contributed by atoms with Crippen LogP contribution in [0.2, 0.25) is 0 Å².